The van der Waals surface area contributed by atoms with Crippen molar-refractivity contribution in [1.82, 2.24) is 0 Å². The third-order valence-electron chi connectivity index (χ3n) is 6.49. The number of benzene rings is 3. The van der Waals surface area contributed by atoms with Crippen molar-refractivity contribution in [3.05, 3.63) is 108 Å². The lowest BCUT2D eigenvalue weighted by atomic mass is 9.80. The van der Waals surface area contributed by atoms with Gasteiger partial charge in [0.05, 0.1) is 11.1 Å². The first-order valence-electron chi connectivity index (χ1n) is 12.3. The van der Waals surface area contributed by atoms with Gasteiger partial charge in [-0.1, -0.05) is 66.7 Å². The zero-order valence-corrected chi connectivity index (χ0v) is 21.6. The molecule has 4 rings (SSSR count). The summed E-state index contributed by atoms with van der Waals surface area (Å²) in [7, 11) is 0. The maximum Gasteiger partial charge on any atom is 0.338 e. The predicted octanol–water partition coefficient (Wildman–Crippen LogP) is 3.75. The largest absolute Gasteiger partial charge is 0.456 e. The molecule has 1 fully saturated rings. The summed E-state index contributed by atoms with van der Waals surface area (Å²) in [5.74, 6) is -5.67. The van der Waals surface area contributed by atoms with Gasteiger partial charge in [-0.3, -0.25) is 9.59 Å². The number of Topliss-reactive ketones (excluding diaryl/α,β-unsaturated/α-hetero) is 1. The molecule has 202 valence electrons. The van der Waals surface area contributed by atoms with Gasteiger partial charge in [0, 0.05) is 19.4 Å². The number of ketones is 1. The van der Waals surface area contributed by atoms with Crippen molar-refractivity contribution < 1.29 is 43.2 Å². The lowest BCUT2D eigenvalue weighted by Gasteiger charge is -2.37. The van der Waals surface area contributed by atoms with Gasteiger partial charge in [-0.25, -0.2) is 9.59 Å². The van der Waals surface area contributed by atoms with Gasteiger partial charge in [-0.2, -0.15) is 0 Å². The van der Waals surface area contributed by atoms with Gasteiger partial charge in [-0.15, -0.1) is 0 Å². The van der Waals surface area contributed by atoms with Crippen molar-refractivity contribution in [2.24, 2.45) is 0 Å². The van der Waals surface area contributed by atoms with Gasteiger partial charge in [0.2, 0.25) is 11.4 Å². The van der Waals surface area contributed by atoms with Gasteiger partial charge in [-0.05, 0) is 31.2 Å². The van der Waals surface area contributed by atoms with E-state index in [1.54, 1.807) is 66.7 Å². The molecule has 3 aromatic rings. The van der Waals surface area contributed by atoms with Crippen LogP contribution in [0.4, 0.5) is 0 Å². The monoisotopic (exact) mass is 532 g/mol. The molecule has 1 aliphatic rings. The van der Waals surface area contributed by atoms with Crippen LogP contribution in [0.25, 0.3) is 0 Å². The van der Waals surface area contributed by atoms with Crippen molar-refractivity contribution >= 4 is 23.7 Å². The molecule has 0 radical (unpaired) electrons. The molecule has 0 spiro atoms. The fraction of sp³-hybridized carbons (Fsp3) is 0.267. The first-order valence-corrected chi connectivity index (χ1v) is 12.3. The molecule has 0 bridgehead atoms. The molecule has 39 heavy (non-hydrogen) atoms. The van der Waals surface area contributed by atoms with E-state index >= 15 is 0 Å². The van der Waals surface area contributed by atoms with E-state index in [0.29, 0.717) is 0 Å². The minimum atomic E-state index is -2.72. The first kappa shape index (κ1) is 27.7. The minimum absolute atomic E-state index is 0.0531. The van der Waals surface area contributed by atoms with Crippen LogP contribution in [-0.4, -0.2) is 58.5 Å². The molecular formula is C30H28O9. The number of ether oxygens (including phenoxy) is 4. The fourth-order valence-corrected chi connectivity index (χ4v) is 4.56. The van der Waals surface area contributed by atoms with Crippen LogP contribution < -0.4 is 0 Å². The number of carbonyl (C=O) groups excluding carboxylic acids is 4. The van der Waals surface area contributed by atoms with E-state index in [4.69, 9.17) is 18.9 Å². The molecule has 1 N–H and O–H groups in total. The Kier molecular flexibility index (Phi) is 7.94. The van der Waals surface area contributed by atoms with Crippen LogP contribution in [0.3, 0.4) is 0 Å². The number of hydrogen-bond acceptors (Lipinski definition) is 9. The molecule has 9 heteroatoms. The molecule has 3 aromatic carbocycles. The smallest absolute Gasteiger partial charge is 0.338 e. The van der Waals surface area contributed by atoms with Gasteiger partial charge < -0.3 is 24.1 Å². The highest BCUT2D eigenvalue weighted by Gasteiger charge is 2.72. The molecule has 1 aliphatic heterocycles. The Morgan fingerprint density at radius 1 is 0.795 bits per heavy atom. The topological polar surface area (TPSA) is 125 Å². The summed E-state index contributed by atoms with van der Waals surface area (Å²) in [6.45, 7) is 3.74. The van der Waals surface area contributed by atoms with Gasteiger partial charge in [0.25, 0.3) is 5.79 Å². The lowest BCUT2D eigenvalue weighted by molar-refractivity contribution is -0.259. The lowest BCUT2D eigenvalue weighted by Crippen LogP contribution is -2.63. The Balaban J connectivity index is 1.78. The molecule has 1 unspecified atom stereocenters. The molecule has 0 aromatic heterocycles. The minimum Gasteiger partial charge on any atom is -0.456 e. The summed E-state index contributed by atoms with van der Waals surface area (Å²) in [6.07, 6.45) is -4.33. The van der Waals surface area contributed by atoms with Crippen LogP contribution >= 0.6 is 0 Å². The van der Waals surface area contributed by atoms with Crippen LogP contribution in [0.1, 0.15) is 51.8 Å². The van der Waals surface area contributed by atoms with Crippen molar-refractivity contribution in [2.75, 3.05) is 0 Å². The fourth-order valence-electron chi connectivity index (χ4n) is 4.56. The van der Waals surface area contributed by atoms with E-state index in [0.717, 1.165) is 6.92 Å². The number of hydrogen-bond donors (Lipinski definition) is 1. The molecule has 0 aliphatic carbocycles. The van der Waals surface area contributed by atoms with Crippen LogP contribution in [0, 0.1) is 0 Å². The number of rotatable bonds is 8. The van der Waals surface area contributed by atoms with E-state index in [1.165, 1.54) is 38.1 Å². The van der Waals surface area contributed by atoms with E-state index in [-0.39, 0.29) is 16.7 Å². The van der Waals surface area contributed by atoms with Gasteiger partial charge in [0.15, 0.2) is 6.10 Å². The maximum absolute atomic E-state index is 13.9. The Morgan fingerprint density at radius 2 is 1.26 bits per heavy atom. The molecule has 9 nitrogen and oxygen atoms in total. The van der Waals surface area contributed by atoms with Gasteiger partial charge in [0.1, 0.15) is 12.2 Å². The number of aliphatic hydroxyl groups is 1. The highest BCUT2D eigenvalue weighted by Crippen LogP contribution is 2.46. The molecule has 1 saturated heterocycles. The van der Waals surface area contributed by atoms with Crippen molar-refractivity contribution in [3.63, 3.8) is 0 Å². The van der Waals surface area contributed by atoms with Crippen LogP contribution in [0.5, 0.6) is 0 Å². The quantitative estimate of drug-likeness (QED) is 0.262. The highest BCUT2D eigenvalue weighted by molar-refractivity contribution is 6.04. The predicted molar refractivity (Wildman–Crippen MR) is 138 cm³/mol. The third-order valence-corrected chi connectivity index (χ3v) is 6.49. The molecule has 5 atom stereocenters. The highest BCUT2D eigenvalue weighted by atomic mass is 16.8. The zero-order chi connectivity index (χ0) is 28.2. The standard InChI is InChI=1S/C30H28O9/c1-19(36-27(33)22-15-9-5-10-16-22)24-26(37-28(34)23-17-11-6-12-18-23)30(35,29(3,39-24)38-20(2)31)25(32)21-13-7-4-8-14-21/h4-19,24,26,35H,1-3H3/t19-,24+,26+,29?,30+/m0/s1. The summed E-state index contributed by atoms with van der Waals surface area (Å²) in [6, 6.07) is 23.9. The second kappa shape index (κ2) is 11.2. The Labute approximate surface area is 225 Å². The van der Waals surface area contributed by atoms with Crippen molar-refractivity contribution in [1.29, 1.82) is 0 Å². The number of carbonyl (C=O) groups is 4. The van der Waals surface area contributed by atoms with E-state index in [2.05, 4.69) is 0 Å². The SMILES string of the molecule is CC(=O)OC1(C)O[C@H]([C@H](C)OC(=O)c2ccccc2)[C@@H](OC(=O)c2ccccc2)[C@]1(O)C(=O)c1ccccc1. The normalized spacial score (nSPS) is 24.8. The Bertz CT molecular complexity index is 1340. The summed E-state index contributed by atoms with van der Waals surface area (Å²) in [4.78, 5) is 52.0. The van der Waals surface area contributed by atoms with Crippen molar-refractivity contribution in [3.8, 4) is 0 Å². The summed E-state index contributed by atoms with van der Waals surface area (Å²) >= 11 is 0. The van der Waals surface area contributed by atoms with Crippen molar-refractivity contribution in [2.45, 2.75) is 50.5 Å². The Hall–Kier alpha value is -4.34. The van der Waals surface area contributed by atoms with Crippen LogP contribution in [0.2, 0.25) is 0 Å². The third kappa shape index (κ3) is 5.45. The van der Waals surface area contributed by atoms with Gasteiger partial charge >= 0.3 is 17.9 Å². The second-order valence-corrected chi connectivity index (χ2v) is 9.25. The van der Waals surface area contributed by atoms with Crippen LogP contribution in [0.15, 0.2) is 91.0 Å². The van der Waals surface area contributed by atoms with E-state index in [1.807, 2.05) is 0 Å². The summed E-state index contributed by atoms with van der Waals surface area (Å²) < 4.78 is 22.7. The summed E-state index contributed by atoms with van der Waals surface area (Å²) in [5, 5.41) is 12.1. The first-order chi connectivity index (χ1) is 18.6. The average molecular weight is 533 g/mol. The molecule has 1 heterocycles. The average Bonchev–Trinajstić information content (AvgIpc) is 3.16. The summed E-state index contributed by atoms with van der Waals surface area (Å²) in [5.41, 5.74) is -2.28. The zero-order valence-electron chi connectivity index (χ0n) is 21.6. The number of esters is 3. The Morgan fingerprint density at radius 3 is 1.74 bits per heavy atom. The molecular weight excluding hydrogens is 504 g/mol. The molecule has 0 amide bonds. The van der Waals surface area contributed by atoms with E-state index < -0.39 is 53.4 Å². The maximum atomic E-state index is 13.9. The molecule has 0 saturated carbocycles. The second-order valence-electron chi connectivity index (χ2n) is 9.25. The van der Waals surface area contributed by atoms with E-state index in [9.17, 15) is 24.3 Å². The van der Waals surface area contributed by atoms with Crippen LogP contribution in [-0.2, 0) is 23.7 Å².